The third-order valence-corrected chi connectivity index (χ3v) is 5.32. The highest BCUT2D eigenvalue weighted by Gasteiger charge is 2.08. The zero-order chi connectivity index (χ0) is 25.5. The fourth-order valence-corrected chi connectivity index (χ4v) is 3.54. The van der Waals surface area contributed by atoms with E-state index in [1.807, 2.05) is 37.3 Å². The van der Waals surface area contributed by atoms with Crippen molar-refractivity contribution in [1.82, 2.24) is 0 Å². The first-order valence-electron chi connectivity index (χ1n) is 11.7. The van der Waals surface area contributed by atoms with Crippen molar-refractivity contribution in [2.45, 2.75) is 33.1 Å². The van der Waals surface area contributed by atoms with Gasteiger partial charge < -0.3 is 18.9 Å². The van der Waals surface area contributed by atoms with E-state index in [0.717, 1.165) is 30.2 Å². The molecule has 0 aliphatic heterocycles. The van der Waals surface area contributed by atoms with Gasteiger partial charge in [-0.25, -0.2) is 13.2 Å². The second-order valence-corrected chi connectivity index (χ2v) is 9.52. The molecule has 1 N–H and O–H groups in total. The summed E-state index contributed by atoms with van der Waals surface area (Å²) in [5, 5.41) is 0. The van der Waals surface area contributed by atoms with Crippen LogP contribution in [0.3, 0.4) is 0 Å². The van der Waals surface area contributed by atoms with Crippen LogP contribution in [0.4, 0.5) is 5.69 Å². The van der Waals surface area contributed by atoms with Gasteiger partial charge in [0.05, 0.1) is 26.1 Å². The summed E-state index contributed by atoms with van der Waals surface area (Å²) in [5.41, 5.74) is 2.32. The van der Waals surface area contributed by atoms with Crippen molar-refractivity contribution in [3.63, 3.8) is 0 Å². The molecule has 0 bridgehead atoms. The number of hydrogen-bond donors (Lipinski definition) is 1. The lowest BCUT2D eigenvalue weighted by Gasteiger charge is -2.14. The molecule has 0 aliphatic carbocycles. The second-order valence-electron chi connectivity index (χ2n) is 7.78. The molecule has 2 rings (SSSR count). The normalized spacial score (nSPS) is 11.4. The summed E-state index contributed by atoms with van der Waals surface area (Å²) in [6, 6.07) is 12.7. The van der Waals surface area contributed by atoms with Crippen molar-refractivity contribution >= 4 is 27.8 Å². The summed E-state index contributed by atoms with van der Waals surface area (Å²) in [6.07, 6.45) is 6.73. The van der Waals surface area contributed by atoms with Crippen LogP contribution in [0.25, 0.3) is 6.08 Å². The Labute approximate surface area is 208 Å². The number of anilines is 1. The van der Waals surface area contributed by atoms with E-state index in [9.17, 15) is 13.2 Å². The lowest BCUT2D eigenvalue weighted by molar-refractivity contribution is -0.139. The van der Waals surface area contributed by atoms with Gasteiger partial charge in [0.1, 0.15) is 6.61 Å². The molecule has 0 fully saturated rings. The van der Waals surface area contributed by atoms with Crippen molar-refractivity contribution in [2.75, 3.05) is 44.0 Å². The first kappa shape index (κ1) is 28.2. The van der Waals surface area contributed by atoms with E-state index in [1.165, 1.54) is 6.08 Å². The minimum Gasteiger partial charge on any atom is -0.490 e. The fourth-order valence-electron chi connectivity index (χ4n) is 2.98. The number of rotatable bonds is 16. The highest BCUT2D eigenvalue weighted by molar-refractivity contribution is 7.92. The SMILES string of the molecule is CCCCOc1cc(/C=C\C(=O)OCCOCC)ccc1OCCc1ccc(NS(C)(=O)=O)cc1. The molecule has 0 saturated carbocycles. The van der Waals surface area contributed by atoms with Crippen LogP contribution in [-0.2, 0) is 30.7 Å². The van der Waals surface area contributed by atoms with Crippen LogP contribution in [0, 0.1) is 0 Å². The van der Waals surface area contributed by atoms with Crippen molar-refractivity contribution < 1.29 is 32.2 Å². The highest BCUT2D eigenvalue weighted by atomic mass is 32.2. The third-order valence-electron chi connectivity index (χ3n) is 4.72. The molecule has 9 heteroatoms. The number of unbranched alkanes of at least 4 members (excludes halogenated alkanes) is 1. The Bertz CT molecular complexity index is 1050. The molecular weight excluding hydrogens is 470 g/mol. The van der Waals surface area contributed by atoms with Gasteiger partial charge in [0, 0.05) is 24.8 Å². The third kappa shape index (κ3) is 11.8. The Kier molecular flexibility index (Phi) is 12.1. The van der Waals surface area contributed by atoms with E-state index in [2.05, 4.69) is 11.6 Å². The standard InChI is InChI=1S/C26H35NO7S/c1-4-6-16-32-25-20-22(10-14-26(28)34-19-18-31-5-2)9-13-24(25)33-17-15-21-7-11-23(12-8-21)27-35(3,29)30/h7-14,20,27H,4-6,15-19H2,1-3H3/b14-10-. The monoisotopic (exact) mass is 505 g/mol. The molecule has 192 valence electrons. The number of esters is 1. The topological polar surface area (TPSA) is 100 Å². The van der Waals surface area contributed by atoms with Crippen molar-refractivity contribution in [3.05, 3.63) is 59.7 Å². The number of sulfonamides is 1. The predicted molar refractivity (Wildman–Crippen MR) is 137 cm³/mol. The highest BCUT2D eigenvalue weighted by Crippen LogP contribution is 2.29. The zero-order valence-corrected chi connectivity index (χ0v) is 21.4. The van der Waals surface area contributed by atoms with Gasteiger partial charge in [-0.3, -0.25) is 4.72 Å². The quantitative estimate of drug-likeness (QED) is 0.204. The molecular formula is C26H35NO7S. The molecule has 2 aromatic rings. The van der Waals surface area contributed by atoms with Crippen LogP contribution < -0.4 is 14.2 Å². The number of benzene rings is 2. The van der Waals surface area contributed by atoms with Gasteiger partial charge in [-0.05, 0) is 54.8 Å². The average Bonchev–Trinajstić information content (AvgIpc) is 2.82. The van der Waals surface area contributed by atoms with Crippen LogP contribution >= 0.6 is 0 Å². The molecule has 0 saturated heterocycles. The minimum absolute atomic E-state index is 0.214. The van der Waals surface area contributed by atoms with Crippen molar-refractivity contribution in [3.8, 4) is 11.5 Å². The summed E-state index contributed by atoms with van der Waals surface area (Å²) < 4.78 is 47.2. The smallest absolute Gasteiger partial charge is 0.330 e. The lowest BCUT2D eigenvalue weighted by Crippen LogP contribution is -2.09. The first-order chi connectivity index (χ1) is 16.8. The number of carbonyl (C=O) groups excluding carboxylic acids is 1. The van der Waals surface area contributed by atoms with Crippen LogP contribution in [0.2, 0.25) is 0 Å². The summed E-state index contributed by atoms with van der Waals surface area (Å²) in [5.74, 6) is 0.794. The summed E-state index contributed by atoms with van der Waals surface area (Å²) in [7, 11) is -3.30. The van der Waals surface area contributed by atoms with E-state index in [-0.39, 0.29) is 6.61 Å². The number of ether oxygens (including phenoxy) is 4. The van der Waals surface area contributed by atoms with Crippen LogP contribution in [-0.4, -0.2) is 53.7 Å². The van der Waals surface area contributed by atoms with Crippen molar-refractivity contribution in [1.29, 1.82) is 0 Å². The maximum Gasteiger partial charge on any atom is 0.330 e. The van der Waals surface area contributed by atoms with Gasteiger partial charge in [0.25, 0.3) is 0 Å². The van der Waals surface area contributed by atoms with Gasteiger partial charge in [-0.1, -0.05) is 31.5 Å². The second kappa shape index (κ2) is 15.1. The van der Waals surface area contributed by atoms with Gasteiger partial charge in [0.15, 0.2) is 11.5 Å². The van der Waals surface area contributed by atoms with Crippen LogP contribution in [0.15, 0.2) is 48.5 Å². The molecule has 0 heterocycles. The lowest BCUT2D eigenvalue weighted by atomic mass is 10.1. The van der Waals surface area contributed by atoms with Gasteiger partial charge in [-0.15, -0.1) is 0 Å². The Hall–Kier alpha value is -3.04. The number of hydrogen-bond acceptors (Lipinski definition) is 7. The molecule has 0 radical (unpaired) electrons. The van der Waals surface area contributed by atoms with Gasteiger partial charge in [0.2, 0.25) is 10.0 Å². The molecule has 8 nitrogen and oxygen atoms in total. The van der Waals surface area contributed by atoms with E-state index in [0.29, 0.717) is 50.0 Å². The van der Waals surface area contributed by atoms with Gasteiger partial charge >= 0.3 is 5.97 Å². The van der Waals surface area contributed by atoms with Crippen LogP contribution in [0.5, 0.6) is 11.5 Å². The molecule has 0 aliphatic rings. The predicted octanol–water partition coefficient (Wildman–Crippen LogP) is 4.45. The Morgan fingerprint density at radius 1 is 0.943 bits per heavy atom. The Balaban J connectivity index is 1.97. The molecule has 35 heavy (non-hydrogen) atoms. The van der Waals surface area contributed by atoms with E-state index in [1.54, 1.807) is 18.2 Å². The number of carbonyl (C=O) groups is 1. The van der Waals surface area contributed by atoms with E-state index in [4.69, 9.17) is 18.9 Å². The molecule has 0 atom stereocenters. The molecule has 0 amide bonds. The summed E-state index contributed by atoms with van der Waals surface area (Å²) >= 11 is 0. The first-order valence-corrected chi connectivity index (χ1v) is 13.6. The molecule has 0 unspecified atom stereocenters. The molecule has 0 aromatic heterocycles. The van der Waals surface area contributed by atoms with Gasteiger partial charge in [-0.2, -0.15) is 0 Å². The van der Waals surface area contributed by atoms with Crippen LogP contribution in [0.1, 0.15) is 37.8 Å². The molecule has 0 spiro atoms. The minimum atomic E-state index is -3.30. The maximum absolute atomic E-state index is 11.9. The van der Waals surface area contributed by atoms with Crippen molar-refractivity contribution in [2.24, 2.45) is 0 Å². The maximum atomic E-state index is 11.9. The summed E-state index contributed by atoms with van der Waals surface area (Å²) in [6.45, 7) is 6.13. The largest absolute Gasteiger partial charge is 0.490 e. The molecule has 2 aromatic carbocycles. The fraction of sp³-hybridized carbons (Fsp3) is 0.423. The Morgan fingerprint density at radius 3 is 2.37 bits per heavy atom. The Morgan fingerprint density at radius 2 is 1.69 bits per heavy atom. The zero-order valence-electron chi connectivity index (χ0n) is 20.6. The average molecular weight is 506 g/mol. The summed E-state index contributed by atoms with van der Waals surface area (Å²) in [4.78, 5) is 11.9. The number of nitrogens with one attached hydrogen (secondary N) is 1. The van der Waals surface area contributed by atoms with E-state index < -0.39 is 16.0 Å². The van der Waals surface area contributed by atoms with E-state index >= 15 is 0 Å².